The molecule has 0 spiro atoms. The largest absolute Gasteiger partial charge is 0.0683 e. The van der Waals surface area contributed by atoms with Gasteiger partial charge in [0, 0.05) is 12.0 Å². The second kappa shape index (κ2) is 9.01. The molecule has 0 fully saturated rings. The first kappa shape index (κ1) is 12.7. The number of hydrogen-bond acceptors (Lipinski definition) is 0. The van der Waals surface area contributed by atoms with Crippen molar-refractivity contribution in [3.8, 4) is 0 Å². The third-order valence-electron chi connectivity index (χ3n) is 0.733. The second-order valence-electron chi connectivity index (χ2n) is 1.30. The van der Waals surface area contributed by atoms with Gasteiger partial charge in [0.2, 0.25) is 0 Å². The molecule has 0 aromatic heterocycles. The SMILES string of the molecule is CC.Ic1ccccc1.[B]. The van der Waals surface area contributed by atoms with Crippen LogP contribution >= 0.6 is 22.6 Å². The minimum absolute atomic E-state index is 0. The van der Waals surface area contributed by atoms with E-state index in [1.807, 2.05) is 32.0 Å². The Labute approximate surface area is 78.8 Å². The van der Waals surface area contributed by atoms with E-state index in [1.165, 1.54) is 3.57 Å². The number of halogens is 1. The highest BCUT2D eigenvalue weighted by molar-refractivity contribution is 14.1. The number of rotatable bonds is 0. The van der Waals surface area contributed by atoms with Gasteiger partial charge in [0.25, 0.3) is 0 Å². The standard InChI is InChI=1S/C6H5I.C2H6.B/c7-6-4-2-1-3-5-6;1-2;/h1-5H;1-2H3;. The second-order valence-corrected chi connectivity index (χ2v) is 2.54. The summed E-state index contributed by atoms with van der Waals surface area (Å²) in [4.78, 5) is 0. The molecule has 0 bridgehead atoms. The zero-order valence-electron chi connectivity index (χ0n) is 6.34. The maximum atomic E-state index is 2.28. The summed E-state index contributed by atoms with van der Waals surface area (Å²) in [5, 5.41) is 0. The molecule has 0 aliphatic heterocycles. The smallest absolute Gasteiger partial charge is 0.0130 e. The van der Waals surface area contributed by atoms with Crippen LogP contribution in [0.4, 0.5) is 0 Å². The Morgan fingerprint density at radius 2 is 1.40 bits per heavy atom. The van der Waals surface area contributed by atoms with Crippen LogP contribution in [0.25, 0.3) is 0 Å². The lowest BCUT2D eigenvalue weighted by atomic mass is 10.4. The zero-order valence-corrected chi connectivity index (χ0v) is 8.50. The molecule has 0 nitrogen and oxygen atoms in total. The highest BCUT2D eigenvalue weighted by Gasteiger charge is 1.74. The van der Waals surface area contributed by atoms with Crippen molar-refractivity contribution in [1.82, 2.24) is 0 Å². The molecule has 10 heavy (non-hydrogen) atoms. The molecule has 0 atom stereocenters. The van der Waals surface area contributed by atoms with E-state index in [-0.39, 0.29) is 8.41 Å². The predicted molar refractivity (Wildman–Crippen MR) is 56.3 cm³/mol. The zero-order chi connectivity index (χ0) is 7.11. The lowest BCUT2D eigenvalue weighted by Crippen LogP contribution is -1.61. The average molecular weight is 245 g/mol. The van der Waals surface area contributed by atoms with Crippen LogP contribution in [0, 0.1) is 3.57 Å². The van der Waals surface area contributed by atoms with Crippen molar-refractivity contribution in [3.63, 3.8) is 0 Å². The van der Waals surface area contributed by atoms with E-state index in [0.29, 0.717) is 0 Å². The molecular formula is C8H11BI. The number of benzene rings is 1. The van der Waals surface area contributed by atoms with Gasteiger partial charge in [0.05, 0.1) is 0 Å². The minimum atomic E-state index is 0. The summed E-state index contributed by atoms with van der Waals surface area (Å²) in [6.07, 6.45) is 0. The summed E-state index contributed by atoms with van der Waals surface area (Å²) in [6.45, 7) is 4.00. The normalized spacial score (nSPS) is 6.70. The van der Waals surface area contributed by atoms with Crippen LogP contribution in [0.5, 0.6) is 0 Å². The Balaban J connectivity index is 0. The van der Waals surface area contributed by atoms with E-state index in [2.05, 4.69) is 34.7 Å². The summed E-state index contributed by atoms with van der Waals surface area (Å²) in [5.41, 5.74) is 0. The van der Waals surface area contributed by atoms with Crippen LogP contribution in [-0.4, -0.2) is 8.41 Å². The van der Waals surface area contributed by atoms with Gasteiger partial charge in [-0.3, -0.25) is 0 Å². The Hall–Kier alpha value is 0.0149. The third-order valence-corrected chi connectivity index (χ3v) is 1.45. The lowest BCUT2D eigenvalue weighted by Gasteiger charge is -1.80. The molecule has 0 amide bonds. The van der Waals surface area contributed by atoms with Gasteiger partial charge in [-0.2, -0.15) is 0 Å². The van der Waals surface area contributed by atoms with Gasteiger partial charge < -0.3 is 0 Å². The molecule has 0 aliphatic carbocycles. The van der Waals surface area contributed by atoms with Crippen LogP contribution in [0.1, 0.15) is 13.8 Å². The van der Waals surface area contributed by atoms with E-state index < -0.39 is 0 Å². The van der Waals surface area contributed by atoms with Crippen molar-refractivity contribution in [2.75, 3.05) is 0 Å². The molecule has 0 aliphatic rings. The van der Waals surface area contributed by atoms with Crippen LogP contribution in [0.2, 0.25) is 0 Å². The fourth-order valence-corrected chi connectivity index (χ4v) is 0.830. The van der Waals surface area contributed by atoms with Crippen molar-refractivity contribution in [3.05, 3.63) is 33.9 Å². The van der Waals surface area contributed by atoms with Crippen molar-refractivity contribution < 1.29 is 0 Å². The van der Waals surface area contributed by atoms with Gasteiger partial charge in [-0.05, 0) is 34.7 Å². The maximum absolute atomic E-state index is 2.28. The van der Waals surface area contributed by atoms with Crippen molar-refractivity contribution in [2.45, 2.75) is 13.8 Å². The predicted octanol–water partition coefficient (Wildman–Crippen LogP) is 2.94. The topological polar surface area (TPSA) is 0 Å². The molecule has 3 radical (unpaired) electrons. The molecule has 0 N–H and O–H groups in total. The van der Waals surface area contributed by atoms with Gasteiger partial charge in [0.15, 0.2) is 0 Å². The van der Waals surface area contributed by atoms with Crippen LogP contribution < -0.4 is 0 Å². The first-order chi connectivity index (χ1) is 4.39. The Morgan fingerprint density at radius 1 is 1.00 bits per heavy atom. The van der Waals surface area contributed by atoms with Crippen molar-refractivity contribution in [2.24, 2.45) is 0 Å². The molecule has 0 saturated heterocycles. The van der Waals surface area contributed by atoms with Crippen LogP contribution in [-0.2, 0) is 0 Å². The Morgan fingerprint density at radius 3 is 1.60 bits per heavy atom. The van der Waals surface area contributed by atoms with Gasteiger partial charge in [-0.1, -0.05) is 32.0 Å². The van der Waals surface area contributed by atoms with Crippen molar-refractivity contribution >= 4 is 31.0 Å². The monoisotopic (exact) mass is 245 g/mol. The summed E-state index contributed by atoms with van der Waals surface area (Å²) in [7, 11) is 0. The molecule has 53 valence electrons. The molecule has 0 saturated carbocycles. The summed E-state index contributed by atoms with van der Waals surface area (Å²) < 4.78 is 1.29. The van der Waals surface area contributed by atoms with Gasteiger partial charge in [-0.15, -0.1) is 0 Å². The van der Waals surface area contributed by atoms with Gasteiger partial charge in [0.1, 0.15) is 0 Å². The Kier molecular flexibility index (Phi) is 11.4. The molecule has 1 aromatic carbocycles. The molecule has 2 heteroatoms. The maximum Gasteiger partial charge on any atom is 0.0130 e. The quantitative estimate of drug-likeness (QED) is 0.486. The average Bonchev–Trinajstić information content (AvgIpc) is 1.94. The van der Waals surface area contributed by atoms with E-state index in [4.69, 9.17) is 0 Å². The highest BCUT2D eigenvalue weighted by Crippen LogP contribution is 1.99. The first-order valence-corrected chi connectivity index (χ1v) is 4.18. The third kappa shape index (κ3) is 6.14. The van der Waals surface area contributed by atoms with E-state index in [9.17, 15) is 0 Å². The van der Waals surface area contributed by atoms with Gasteiger partial charge in [-0.25, -0.2) is 0 Å². The van der Waals surface area contributed by atoms with Crippen LogP contribution in [0.3, 0.4) is 0 Å². The molecule has 0 heterocycles. The minimum Gasteiger partial charge on any atom is -0.0683 e. The van der Waals surface area contributed by atoms with E-state index >= 15 is 0 Å². The Bertz CT molecular complexity index is 139. The van der Waals surface area contributed by atoms with Gasteiger partial charge >= 0.3 is 0 Å². The summed E-state index contributed by atoms with van der Waals surface area (Å²) in [6, 6.07) is 10.2. The molecule has 1 rings (SSSR count). The van der Waals surface area contributed by atoms with Crippen molar-refractivity contribution in [1.29, 1.82) is 0 Å². The fourth-order valence-electron chi connectivity index (χ4n) is 0.415. The molecule has 0 unspecified atom stereocenters. The molecular weight excluding hydrogens is 234 g/mol. The number of hydrogen-bond donors (Lipinski definition) is 0. The molecule has 1 aromatic rings. The fraction of sp³-hybridized carbons (Fsp3) is 0.250. The van der Waals surface area contributed by atoms with E-state index in [0.717, 1.165) is 0 Å². The lowest BCUT2D eigenvalue weighted by molar-refractivity contribution is 1.50. The summed E-state index contributed by atoms with van der Waals surface area (Å²) in [5.74, 6) is 0. The van der Waals surface area contributed by atoms with E-state index in [1.54, 1.807) is 0 Å². The highest BCUT2D eigenvalue weighted by atomic mass is 127. The first-order valence-electron chi connectivity index (χ1n) is 3.10. The summed E-state index contributed by atoms with van der Waals surface area (Å²) >= 11 is 2.28. The van der Waals surface area contributed by atoms with Crippen LogP contribution in [0.15, 0.2) is 30.3 Å².